The Kier molecular flexibility index (Phi) is 5.03. The maximum atomic E-state index is 11.1. The zero-order chi connectivity index (χ0) is 15.6. The van der Waals surface area contributed by atoms with E-state index in [1.165, 1.54) is 12.3 Å². The van der Waals surface area contributed by atoms with Crippen molar-refractivity contribution in [1.82, 2.24) is 4.98 Å². The molecular formula is C13H9BrCl2N2O3. The molecule has 0 spiro atoms. The summed E-state index contributed by atoms with van der Waals surface area (Å²) in [6, 6.07) is 4.56. The lowest BCUT2D eigenvalue weighted by Crippen LogP contribution is -2.02. The Labute approximate surface area is 139 Å². The molecular weight excluding hydrogens is 383 g/mol. The van der Waals surface area contributed by atoms with Crippen molar-refractivity contribution in [2.75, 3.05) is 0 Å². The topological polar surface area (TPSA) is 65.3 Å². The van der Waals surface area contributed by atoms with Crippen LogP contribution in [0.4, 0.5) is 5.69 Å². The number of benzene rings is 1. The number of aryl methyl sites for hydroxylation is 1. The molecule has 0 fully saturated rings. The molecule has 0 saturated carbocycles. The number of nitrogens with zero attached hydrogens (tertiary/aromatic N) is 2. The van der Waals surface area contributed by atoms with Gasteiger partial charge in [0.15, 0.2) is 5.75 Å². The van der Waals surface area contributed by atoms with Crippen molar-refractivity contribution in [1.29, 1.82) is 0 Å². The summed E-state index contributed by atoms with van der Waals surface area (Å²) in [5.74, 6) is 0.150. The highest BCUT2D eigenvalue weighted by atomic mass is 79.9. The zero-order valence-electron chi connectivity index (χ0n) is 10.8. The third-order valence-electron chi connectivity index (χ3n) is 2.75. The van der Waals surface area contributed by atoms with Gasteiger partial charge >= 0.3 is 5.69 Å². The minimum atomic E-state index is -0.508. The maximum absolute atomic E-state index is 11.1. The fourth-order valence-corrected chi connectivity index (χ4v) is 2.42. The molecule has 1 aromatic carbocycles. The molecule has 21 heavy (non-hydrogen) atoms. The molecule has 0 atom stereocenters. The van der Waals surface area contributed by atoms with Crippen LogP contribution < -0.4 is 4.74 Å². The summed E-state index contributed by atoms with van der Waals surface area (Å²) in [5, 5.41) is 11.7. The van der Waals surface area contributed by atoms with Gasteiger partial charge in [-0.15, -0.1) is 0 Å². The molecule has 0 aliphatic heterocycles. The van der Waals surface area contributed by atoms with Gasteiger partial charge in [0.05, 0.1) is 9.95 Å². The molecule has 5 nitrogen and oxygen atoms in total. The summed E-state index contributed by atoms with van der Waals surface area (Å²) in [5.41, 5.74) is 1.17. The molecule has 0 N–H and O–H groups in total. The average Bonchev–Trinajstić information content (AvgIpc) is 2.41. The molecule has 0 aliphatic rings. The van der Waals surface area contributed by atoms with Gasteiger partial charge in [0.1, 0.15) is 11.8 Å². The SMILES string of the molecule is Cc1cc(OCc2c(Cl)ccnc2Cl)c([N+](=O)[O-])cc1Br. The monoisotopic (exact) mass is 390 g/mol. The quantitative estimate of drug-likeness (QED) is 0.420. The molecule has 0 radical (unpaired) electrons. The van der Waals surface area contributed by atoms with Crippen molar-refractivity contribution < 1.29 is 9.66 Å². The van der Waals surface area contributed by atoms with Crippen molar-refractivity contribution in [3.8, 4) is 5.75 Å². The van der Waals surface area contributed by atoms with E-state index in [9.17, 15) is 10.1 Å². The number of ether oxygens (including phenoxy) is 1. The molecule has 2 aromatic rings. The maximum Gasteiger partial charge on any atom is 0.312 e. The number of rotatable bonds is 4. The normalized spacial score (nSPS) is 10.5. The largest absolute Gasteiger partial charge is 0.482 e. The van der Waals surface area contributed by atoms with Crippen molar-refractivity contribution >= 4 is 44.8 Å². The van der Waals surface area contributed by atoms with E-state index >= 15 is 0 Å². The molecule has 110 valence electrons. The van der Waals surface area contributed by atoms with Gasteiger partial charge in [0.25, 0.3) is 0 Å². The van der Waals surface area contributed by atoms with E-state index in [-0.39, 0.29) is 23.2 Å². The first-order chi connectivity index (χ1) is 9.90. The molecule has 1 aromatic heterocycles. The van der Waals surface area contributed by atoms with Gasteiger partial charge in [-0.05, 0) is 24.6 Å². The molecule has 1 heterocycles. The number of nitro groups is 1. The number of hydrogen-bond acceptors (Lipinski definition) is 4. The fraction of sp³-hybridized carbons (Fsp3) is 0.154. The second kappa shape index (κ2) is 6.60. The van der Waals surface area contributed by atoms with E-state index in [1.54, 1.807) is 12.1 Å². The first-order valence-corrected chi connectivity index (χ1v) is 7.31. The summed E-state index contributed by atoms with van der Waals surface area (Å²) in [4.78, 5) is 14.5. The molecule has 2 rings (SSSR count). The van der Waals surface area contributed by atoms with Crippen molar-refractivity contribution in [3.05, 3.63) is 60.3 Å². The van der Waals surface area contributed by atoms with Gasteiger partial charge in [-0.1, -0.05) is 39.1 Å². The number of hydrogen-bond donors (Lipinski definition) is 0. The third kappa shape index (κ3) is 3.64. The Hall–Kier alpha value is -1.37. The Morgan fingerprint density at radius 1 is 1.43 bits per heavy atom. The predicted molar refractivity (Wildman–Crippen MR) is 84.1 cm³/mol. The van der Waals surface area contributed by atoms with Gasteiger partial charge in [0.2, 0.25) is 0 Å². The second-order valence-corrected chi connectivity index (χ2v) is 5.80. The van der Waals surface area contributed by atoms with Crippen LogP contribution >= 0.6 is 39.1 Å². The molecule has 8 heteroatoms. The number of pyridine rings is 1. The highest BCUT2D eigenvalue weighted by Gasteiger charge is 2.18. The smallest absolute Gasteiger partial charge is 0.312 e. The number of nitro benzene ring substituents is 1. The Morgan fingerprint density at radius 3 is 2.76 bits per heavy atom. The van der Waals surface area contributed by atoms with Crippen LogP contribution in [-0.4, -0.2) is 9.91 Å². The van der Waals surface area contributed by atoms with Crippen LogP contribution in [0.25, 0.3) is 0 Å². The van der Waals surface area contributed by atoms with E-state index in [0.717, 1.165) is 5.56 Å². The van der Waals surface area contributed by atoms with Crippen LogP contribution in [0.5, 0.6) is 5.75 Å². The zero-order valence-corrected chi connectivity index (χ0v) is 13.9. The van der Waals surface area contributed by atoms with E-state index in [4.69, 9.17) is 27.9 Å². The molecule has 0 unspecified atom stereocenters. The highest BCUT2D eigenvalue weighted by Crippen LogP contribution is 2.34. The number of halogens is 3. The average molecular weight is 392 g/mol. The van der Waals surface area contributed by atoms with E-state index < -0.39 is 4.92 Å². The molecule has 0 saturated heterocycles. The summed E-state index contributed by atoms with van der Waals surface area (Å²) in [6.45, 7) is 1.80. The van der Waals surface area contributed by atoms with Crippen LogP contribution in [0.2, 0.25) is 10.2 Å². The van der Waals surface area contributed by atoms with E-state index in [0.29, 0.717) is 15.1 Å². The summed E-state index contributed by atoms with van der Waals surface area (Å²) < 4.78 is 6.15. The standard InChI is InChI=1S/C13H9BrCl2N2O3/c1-7-4-12(11(18(19)20)5-9(7)14)21-6-8-10(15)2-3-17-13(8)16/h2-5H,6H2,1H3. The predicted octanol–water partition coefficient (Wildman–Crippen LogP) is 4.95. The summed E-state index contributed by atoms with van der Waals surface area (Å²) in [6.07, 6.45) is 1.47. The minimum Gasteiger partial charge on any atom is -0.482 e. The lowest BCUT2D eigenvalue weighted by Gasteiger charge is -2.10. The Morgan fingerprint density at radius 2 is 2.14 bits per heavy atom. The molecule has 0 bridgehead atoms. The Balaban J connectivity index is 2.32. The van der Waals surface area contributed by atoms with Gasteiger partial charge < -0.3 is 4.74 Å². The van der Waals surface area contributed by atoms with Crippen molar-refractivity contribution in [2.24, 2.45) is 0 Å². The van der Waals surface area contributed by atoms with Crippen LogP contribution in [0, 0.1) is 17.0 Å². The van der Waals surface area contributed by atoms with Gasteiger partial charge in [-0.3, -0.25) is 10.1 Å². The fourth-order valence-electron chi connectivity index (χ4n) is 1.63. The molecule has 0 aliphatic carbocycles. The van der Waals surface area contributed by atoms with Crippen LogP contribution in [0.15, 0.2) is 28.9 Å². The van der Waals surface area contributed by atoms with Gasteiger partial charge in [-0.2, -0.15) is 0 Å². The van der Waals surface area contributed by atoms with Gasteiger partial charge in [-0.25, -0.2) is 4.98 Å². The number of aromatic nitrogens is 1. The van der Waals surface area contributed by atoms with Crippen molar-refractivity contribution in [2.45, 2.75) is 13.5 Å². The van der Waals surface area contributed by atoms with E-state index in [1.807, 2.05) is 6.92 Å². The van der Waals surface area contributed by atoms with Gasteiger partial charge in [0, 0.05) is 22.3 Å². The van der Waals surface area contributed by atoms with Crippen LogP contribution in [0.3, 0.4) is 0 Å². The van der Waals surface area contributed by atoms with Crippen molar-refractivity contribution in [3.63, 3.8) is 0 Å². The molecule has 0 amide bonds. The summed E-state index contributed by atoms with van der Waals surface area (Å²) in [7, 11) is 0. The van der Waals surface area contributed by atoms with Crippen LogP contribution in [-0.2, 0) is 6.61 Å². The minimum absolute atomic E-state index is 0.00653. The first kappa shape index (κ1) is 16.0. The highest BCUT2D eigenvalue weighted by molar-refractivity contribution is 9.10. The lowest BCUT2D eigenvalue weighted by atomic mass is 10.2. The second-order valence-electron chi connectivity index (χ2n) is 4.18. The van der Waals surface area contributed by atoms with Crippen LogP contribution in [0.1, 0.15) is 11.1 Å². The lowest BCUT2D eigenvalue weighted by molar-refractivity contribution is -0.386. The van der Waals surface area contributed by atoms with E-state index in [2.05, 4.69) is 20.9 Å². The third-order valence-corrected chi connectivity index (χ3v) is 4.29. The first-order valence-electron chi connectivity index (χ1n) is 5.76. The summed E-state index contributed by atoms with van der Waals surface area (Å²) >= 11 is 15.2. The Bertz CT molecular complexity index is 690.